The van der Waals surface area contributed by atoms with Crippen LogP contribution < -0.4 is 10.5 Å². The lowest BCUT2D eigenvalue weighted by atomic mass is 9.77. The van der Waals surface area contributed by atoms with Gasteiger partial charge < -0.3 is 10.5 Å². The highest BCUT2D eigenvalue weighted by molar-refractivity contribution is 6.07. The molecule has 0 radical (unpaired) electrons. The molecular formula is C21H20N4O2. The van der Waals surface area contributed by atoms with Crippen molar-refractivity contribution in [1.82, 2.24) is 4.90 Å². The first-order valence-corrected chi connectivity index (χ1v) is 8.71. The van der Waals surface area contributed by atoms with Crippen molar-refractivity contribution < 1.29 is 9.53 Å². The van der Waals surface area contributed by atoms with Gasteiger partial charge in [-0.25, -0.2) is 9.84 Å². The van der Waals surface area contributed by atoms with Gasteiger partial charge in [-0.2, -0.15) is 0 Å². The Balaban J connectivity index is 1.92. The molecule has 2 N–H and O–H groups in total. The standard InChI is InChI=1S/C21H20N4O2/c1-20(2)12-21(18(26)25(4)19(22)24-21)16-11-14(8-9-17(16)27-20)13-6-5-7-15(10-13)23-3/h5-11H,12H2,1-2,4H3,(H2,22,24). The maximum absolute atomic E-state index is 13.1. The fourth-order valence-corrected chi connectivity index (χ4v) is 3.91. The maximum atomic E-state index is 13.1. The van der Waals surface area contributed by atoms with Crippen LogP contribution in [0.2, 0.25) is 0 Å². The molecule has 2 aliphatic heterocycles. The van der Waals surface area contributed by atoms with E-state index in [2.05, 4.69) is 9.84 Å². The summed E-state index contributed by atoms with van der Waals surface area (Å²) in [5.41, 5.74) is 7.44. The molecule has 1 unspecified atom stereocenters. The molecule has 0 fully saturated rings. The van der Waals surface area contributed by atoms with Crippen LogP contribution in [-0.2, 0) is 10.3 Å². The minimum atomic E-state index is -1.08. The van der Waals surface area contributed by atoms with Gasteiger partial charge in [0.05, 0.1) is 6.57 Å². The number of carbonyl (C=O) groups is 1. The molecule has 6 nitrogen and oxygen atoms in total. The first-order valence-electron chi connectivity index (χ1n) is 8.71. The molecule has 0 bridgehead atoms. The molecule has 0 aromatic heterocycles. The minimum Gasteiger partial charge on any atom is -0.487 e. The summed E-state index contributed by atoms with van der Waals surface area (Å²) < 4.78 is 6.13. The lowest BCUT2D eigenvalue weighted by Crippen LogP contribution is -2.49. The quantitative estimate of drug-likeness (QED) is 0.792. The number of aliphatic imine (C=N–C) groups is 1. The second kappa shape index (κ2) is 5.58. The average molecular weight is 360 g/mol. The van der Waals surface area contributed by atoms with Crippen LogP contribution in [0.3, 0.4) is 0 Å². The van der Waals surface area contributed by atoms with Gasteiger partial charge in [-0.3, -0.25) is 9.69 Å². The molecule has 2 heterocycles. The van der Waals surface area contributed by atoms with Crippen LogP contribution in [0.25, 0.3) is 16.0 Å². The molecule has 1 spiro atoms. The van der Waals surface area contributed by atoms with Crippen LogP contribution in [0.15, 0.2) is 47.5 Å². The van der Waals surface area contributed by atoms with Crippen LogP contribution in [0.1, 0.15) is 25.8 Å². The highest BCUT2D eigenvalue weighted by Gasteiger charge is 2.55. The van der Waals surface area contributed by atoms with E-state index in [9.17, 15) is 4.79 Å². The molecule has 136 valence electrons. The number of benzene rings is 2. The summed E-state index contributed by atoms with van der Waals surface area (Å²) in [4.78, 5) is 22.6. The Morgan fingerprint density at radius 3 is 2.63 bits per heavy atom. The Kier molecular flexibility index (Phi) is 3.54. The van der Waals surface area contributed by atoms with E-state index in [4.69, 9.17) is 17.0 Å². The van der Waals surface area contributed by atoms with Crippen molar-refractivity contribution >= 4 is 17.6 Å². The number of rotatable bonds is 1. The van der Waals surface area contributed by atoms with E-state index in [1.807, 2.05) is 50.2 Å². The van der Waals surface area contributed by atoms with Crippen molar-refractivity contribution in [3.05, 3.63) is 59.4 Å². The van der Waals surface area contributed by atoms with Crippen molar-refractivity contribution in [3.8, 4) is 16.9 Å². The van der Waals surface area contributed by atoms with Gasteiger partial charge in [-0.15, -0.1) is 0 Å². The van der Waals surface area contributed by atoms with E-state index in [0.717, 1.165) is 11.1 Å². The third-order valence-corrected chi connectivity index (χ3v) is 5.11. The number of fused-ring (bicyclic) bond motifs is 2. The van der Waals surface area contributed by atoms with Gasteiger partial charge in [0.15, 0.2) is 17.2 Å². The Bertz CT molecular complexity index is 1030. The molecule has 27 heavy (non-hydrogen) atoms. The molecule has 2 aromatic carbocycles. The second-order valence-corrected chi connectivity index (χ2v) is 7.61. The van der Waals surface area contributed by atoms with Gasteiger partial charge >= 0.3 is 0 Å². The molecule has 6 heteroatoms. The number of nitrogens with two attached hydrogens (primary N) is 1. The zero-order chi connectivity index (χ0) is 19.4. The van der Waals surface area contributed by atoms with E-state index in [-0.39, 0.29) is 11.9 Å². The molecule has 1 atom stereocenters. The number of amides is 1. The van der Waals surface area contributed by atoms with E-state index in [0.29, 0.717) is 23.4 Å². The summed E-state index contributed by atoms with van der Waals surface area (Å²) in [6.45, 7) is 11.1. The molecule has 4 rings (SSSR count). The Hall–Kier alpha value is -3.33. The molecule has 0 saturated carbocycles. The third kappa shape index (κ3) is 2.55. The number of carbonyl (C=O) groups excluding carboxylic acids is 1. The normalized spacial score (nSPS) is 22.8. The van der Waals surface area contributed by atoms with Crippen molar-refractivity contribution in [2.45, 2.75) is 31.4 Å². The van der Waals surface area contributed by atoms with Gasteiger partial charge in [0.1, 0.15) is 11.4 Å². The third-order valence-electron chi connectivity index (χ3n) is 5.11. The minimum absolute atomic E-state index is 0.148. The van der Waals surface area contributed by atoms with Crippen molar-refractivity contribution in [2.24, 2.45) is 10.7 Å². The maximum Gasteiger partial charge on any atom is 0.261 e. The number of nitrogens with zero attached hydrogens (tertiary/aromatic N) is 3. The predicted octanol–water partition coefficient (Wildman–Crippen LogP) is 3.45. The van der Waals surface area contributed by atoms with Crippen molar-refractivity contribution in [3.63, 3.8) is 0 Å². The van der Waals surface area contributed by atoms with Gasteiger partial charge in [0.2, 0.25) is 0 Å². The van der Waals surface area contributed by atoms with Crippen molar-refractivity contribution in [1.29, 1.82) is 0 Å². The zero-order valence-corrected chi connectivity index (χ0v) is 15.5. The summed E-state index contributed by atoms with van der Waals surface area (Å²) in [6.07, 6.45) is 0.405. The van der Waals surface area contributed by atoms with Crippen LogP contribution in [0, 0.1) is 6.57 Å². The monoisotopic (exact) mass is 360 g/mol. The smallest absolute Gasteiger partial charge is 0.261 e. The first kappa shape index (κ1) is 17.1. The molecule has 0 saturated heterocycles. The van der Waals surface area contributed by atoms with Crippen molar-refractivity contribution in [2.75, 3.05) is 7.05 Å². The summed E-state index contributed by atoms with van der Waals surface area (Å²) in [5.74, 6) is 0.699. The lowest BCUT2D eigenvalue weighted by Gasteiger charge is -2.41. The van der Waals surface area contributed by atoms with E-state index < -0.39 is 11.1 Å². The fraction of sp³-hybridized carbons (Fsp3) is 0.286. The van der Waals surface area contributed by atoms with Crippen LogP contribution >= 0.6 is 0 Å². The van der Waals surface area contributed by atoms with Crippen LogP contribution in [0.5, 0.6) is 5.75 Å². The largest absolute Gasteiger partial charge is 0.487 e. The summed E-state index contributed by atoms with van der Waals surface area (Å²) in [5, 5.41) is 0. The Labute approximate surface area is 158 Å². The van der Waals surface area contributed by atoms with E-state index >= 15 is 0 Å². The zero-order valence-electron chi connectivity index (χ0n) is 15.5. The summed E-state index contributed by atoms with van der Waals surface area (Å²) in [7, 11) is 1.64. The molecule has 2 aromatic rings. The van der Waals surface area contributed by atoms with Gasteiger partial charge in [0.25, 0.3) is 5.91 Å². The van der Waals surface area contributed by atoms with E-state index in [1.54, 1.807) is 13.1 Å². The highest BCUT2D eigenvalue weighted by atomic mass is 16.5. The number of guanidine groups is 1. The van der Waals surface area contributed by atoms with Gasteiger partial charge in [-0.1, -0.05) is 24.3 Å². The van der Waals surface area contributed by atoms with E-state index in [1.165, 1.54) is 4.90 Å². The molecule has 2 aliphatic rings. The second-order valence-electron chi connectivity index (χ2n) is 7.61. The summed E-state index contributed by atoms with van der Waals surface area (Å²) >= 11 is 0. The van der Waals surface area contributed by atoms with Crippen LogP contribution in [-0.4, -0.2) is 29.4 Å². The average Bonchev–Trinajstić information content (AvgIpc) is 2.85. The summed E-state index contributed by atoms with van der Waals surface area (Å²) in [6, 6.07) is 13.1. The van der Waals surface area contributed by atoms with Gasteiger partial charge in [0, 0.05) is 19.0 Å². The topological polar surface area (TPSA) is 72.3 Å². The first-order chi connectivity index (χ1) is 12.8. The lowest BCUT2D eigenvalue weighted by molar-refractivity contribution is -0.133. The Morgan fingerprint density at radius 1 is 1.22 bits per heavy atom. The Morgan fingerprint density at radius 2 is 1.96 bits per heavy atom. The highest BCUT2D eigenvalue weighted by Crippen LogP contribution is 2.49. The number of likely N-dealkylation sites (N-methyl/N-ethyl adjacent to an activating group) is 1. The van der Waals surface area contributed by atoms with Crippen LogP contribution in [0.4, 0.5) is 5.69 Å². The molecular weight excluding hydrogens is 340 g/mol. The van der Waals surface area contributed by atoms with Gasteiger partial charge in [-0.05, 0) is 43.2 Å². The predicted molar refractivity (Wildman–Crippen MR) is 104 cm³/mol. The number of ether oxygens (including phenoxy) is 1. The fourth-order valence-electron chi connectivity index (χ4n) is 3.91. The number of hydrogen-bond acceptors (Lipinski definition) is 4. The molecule has 0 aliphatic carbocycles. The number of hydrogen-bond donors (Lipinski definition) is 1. The molecule has 1 amide bonds. The SMILES string of the molecule is [C-]#[N+]c1cccc(-c2ccc3c(c2)C2(CC(C)(C)O3)N=C(N)N(C)C2=O)c1.